The number of pyridine rings is 1. The highest BCUT2D eigenvalue weighted by Gasteiger charge is 2.29. The minimum Gasteiger partial charge on any atom is -0.321 e. The average molecular weight is 454 g/mol. The van der Waals surface area contributed by atoms with E-state index in [0.717, 1.165) is 12.1 Å². The summed E-state index contributed by atoms with van der Waals surface area (Å²) >= 11 is 6.16. The second-order valence-electron chi connectivity index (χ2n) is 7.08. The molecule has 1 heterocycles. The molecule has 0 bridgehead atoms. The van der Waals surface area contributed by atoms with E-state index in [2.05, 4.69) is 4.98 Å². The lowest BCUT2D eigenvalue weighted by Crippen LogP contribution is -2.18. The lowest BCUT2D eigenvalue weighted by molar-refractivity contribution is -0.137. The first-order valence-electron chi connectivity index (χ1n) is 9.54. The zero-order valence-corrected chi connectivity index (χ0v) is 17.2. The topological polar surface area (TPSA) is 49.9 Å². The summed E-state index contributed by atoms with van der Waals surface area (Å²) < 4.78 is 38.2. The normalized spacial score (nSPS) is 11.9. The van der Waals surface area contributed by atoms with E-state index in [9.17, 15) is 22.8 Å². The number of carbonyl (C=O) groups is 1. The standard InChI is InChI=1S/C25H15ClF3NO2/c26-18-11-12-20-19(14-18)22(16-4-2-1-3-5-16)23(24(32)30-20)21(31)13-8-15-6-9-17(10-7-15)25(27,28)29/h1-14H,(H,30,32)/b13-8+. The molecule has 3 aromatic carbocycles. The number of ketones is 1. The van der Waals surface area contributed by atoms with Crippen molar-refractivity contribution in [2.24, 2.45) is 0 Å². The third-order valence-electron chi connectivity index (χ3n) is 4.95. The Hall–Kier alpha value is -3.64. The molecular weight excluding hydrogens is 439 g/mol. The molecule has 0 fully saturated rings. The molecule has 7 heteroatoms. The van der Waals surface area contributed by atoms with Crippen molar-refractivity contribution in [2.45, 2.75) is 6.18 Å². The van der Waals surface area contributed by atoms with Gasteiger partial charge in [-0.3, -0.25) is 9.59 Å². The first-order valence-corrected chi connectivity index (χ1v) is 9.92. The molecule has 0 atom stereocenters. The van der Waals surface area contributed by atoms with Crippen LogP contribution in [0.15, 0.2) is 83.7 Å². The molecule has 0 aliphatic rings. The fourth-order valence-electron chi connectivity index (χ4n) is 3.44. The molecule has 0 saturated carbocycles. The average Bonchev–Trinajstić information content (AvgIpc) is 2.77. The van der Waals surface area contributed by atoms with Gasteiger partial charge < -0.3 is 4.98 Å². The second kappa shape index (κ2) is 8.48. The maximum absolute atomic E-state index is 13.1. The van der Waals surface area contributed by atoms with Gasteiger partial charge >= 0.3 is 6.18 Å². The van der Waals surface area contributed by atoms with Gasteiger partial charge in [0.15, 0.2) is 5.78 Å². The maximum Gasteiger partial charge on any atom is 0.416 e. The molecule has 0 aliphatic carbocycles. The molecular formula is C25H15ClF3NO2. The highest BCUT2D eigenvalue weighted by atomic mass is 35.5. The van der Waals surface area contributed by atoms with Crippen molar-refractivity contribution in [3.05, 3.63) is 111 Å². The molecule has 32 heavy (non-hydrogen) atoms. The van der Waals surface area contributed by atoms with Gasteiger partial charge in [0.05, 0.1) is 11.1 Å². The lowest BCUT2D eigenvalue weighted by Gasteiger charge is -2.11. The van der Waals surface area contributed by atoms with Crippen LogP contribution in [0.1, 0.15) is 21.5 Å². The Labute approximate surface area is 185 Å². The van der Waals surface area contributed by atoms with Gasteiger partial charge in [0, 0.05) is 21.5 Å². The van der Waals surface area contributed by atoms with Gasteiger partial charge in [-0.1, -0.05) is 60.1 Å². The number of carbonyl (C=O) groups excluding carboxylic acids is 1. The Morgan fingerprint density at radius 3 is 2.28 bits per heavy atom. The first-order chi connectivity index (χ1) is 15.2. The van der Waals surface area contributed by atoms with Gasteiger partial charge in [0.1, 0.15) is 0 Å². The number of H-pyrrole nitrogens is 1. The second-order valence-corrected chi connectivity index (χ2v) is 7.51. The largest absolute Gasteiger partial charge is 0.416 e. The minimum absolute atomic E-state index is 0.0749. The molecule has 3 nitrogen and oxygen atoms in total. The minimum atomic E-state index is -4.44. The van der Waals surface area contributed by atoms with Crippen LogP contribution in [0.3, 0.4) is 0 Å². The van der Waals surface area contributed by atoms with Crippen LogP contribution in [0.5, 0.6) is 0 Å². The summed E-state index contributed by atoms with van der Waals surface area (Å²) in [5.74, 6) is -0.577. The van der Waals surface area contributed by atoms with Gasteiger partial charge in [-0.25, -0.2) is 0 Å². The number of halogens is 4. The molecule has 4 rings (SSSR count). The fourth-order valence-corrected chi connectivity index (χ4v) is 3.62. The van der Waals surface area contributed by atoms with E-state index in [1.807, 2.05) is 6.07 Å². The molecule has 0 amide bonds. The van der Waals surface area contributed by atoms with Crippen molar-refractivity contribution in [1.29, 1.82) is 0 Å². The van der Waals surface area contributed by atoms with Crippen LogP contribution < -0.4 is 5.56 Å². The summed E-state index contributed by atoms with van der Waals surface area (Å²) in [6.45, 7) is 0. The quantitative estimate of drug-likeness (QED) is 0.274. The lowest BCUT2D eigenvalue weighted by atomic mass is 9.94. The zero-order valence-electron chi connectivity index (χ0n) is 16.4. The monoisotopic (exact) mass is 453 g/mol. The van der Waals surface area contributed by atoms with Crippen molar-refractivity contribution in [3.8, 4) is 11.1 Å². The molecule has 160 valence electrons. The van der Waals surface area contributed by atoms with Crippen LogP contribution in [0, 0.1) is 0 Å². The maximum atomic E-state index is 13.1. The highest BCUT2D eigenvalue weighted by Crippen LogP contribution is 2.32. The van der Waals surface area contributed by atoms with E-state index in [4.69, 9.17) is 11.6 Å². The molecule has 0 radical (unpaired) electrons. The third-order valence-corrected chi connectivity index (χ3v) is 5.19. The van der Waals surface area contributed by atoms with Crippen LogP contribution in [0.2, 0.25) is 5.02 Å². The number of fused-ring (bicyclic) bond motifs is 1. The van der Waals surface area contributed by atoms with E-state index in [1.165, 1.54) is 24.3 Å². The molecule has 0 unspecified atom stereocenters. The van der Waals surface area contributed by atoms with E-state index in [0.29, 0.717) is 32.6 Å². The third kappa shape index (κ3) is 4.36. The Morgan fingerprint density at radius 1 is 0.938 bits per heavy atom. The number of rotatable bonds is 4. The summed E-state index contributed by atoms with van der Waals surface area (Å²) in [6, 6.07) is 18.3. The first kappa shape index (κ1) is 21.6. The molecule has 0 aliphatic heterocycles. The molecule has 4 aromatic rings. The van der Waals surface area contributed by atoms with Gasteiger partial charge in [-0.2, -0.15) is 13.2 Å². The van der Waals surface area contributed by atoms with Gasteiger partial charge in [-0.15, -0.1) is 0 Å². The fraction of sp³-hybridized carbons (Fsp3) is 0.0400. The summed E-state index contributed by atoms with van der Waals surface area (Å²) in [7, 11) is 0. The SMILES string of the molecule is O=C(/C=C/c1ccc(C(F)(F)F)cc1)c1c(-c2ccccc2)c2cc(Cl)ccc2[nH]c1=O. The Kier molecular flexibility index (Phi) is 5.72. The van der Waals surface area contributed by atoms with Crippen LogP contribution in [0.25, 0.3) is 28.1 Å². The van der Waals surface area contributed by atoms with Gasteiger partial charge in [0.25, 0.3) is 5.56 Å². The van der Waals surface area contributed by atoms with Gasteiger partial charge in [-0.05, 0) is 47.5 Å². The van der Waals surface area contributed by atoms with Crippen molar-refractivity contribution in [3.63, 3.8) is 0 Å². The number of nitrogens with one attached hydrogen (secondary N) is 1. The van der Waals surface area contributed by atoms with E-state index >= 15 is 0 Å². The van der Waals surface area contributed by atoms with E-state index in [1.54, 1.807) is 42.5 Å². The smallest absolute Gasteiger partial charge is 0.321 e. The number of aromatic nitrogens is 1. The van der Waals surface area contributed by atoms with Crippen molar-refractivity contribution in [2.75, 3.05) is 0 Å². The molecule has 1 N–H and O–H groups in total. The number of allylic oxidation sites excluding steroid dienone is 1. The van der Waals surface area contributed by atoms with Crippen molar-refractivity contribution >= 4 is 34.4 Å². The number of aromatic amines is 1. The summed E-state index contributed by atoms with van der Waals surface area (Å²) in [6.07, 6.45) is -1.89. The Balaban J connectivity index is 1.81. The molecule has 0 saturated heterocycles. The number of benzene rings is 3. The highest BCUT2D eigenvalue weighted by molar-refractivity contribution is 6.31. The number of hydrogen-bond acceptors (Lipinski definition) is 2. The Bertz CT molecular complexity index is 1390. The number of hydrogen-bond donors (Lipinski definition) is 1. The number of alkyl halides is 3. The summed E-state index contributed by atoms with van der Waals surface area (Å²) in [5.41, 5.74) is 0.602. The van der Waals surface area contributed by atoms with Crippen LogP contribution in [0.4, 0.5) is 13.2 Å². The summed E-state index contributed by atoms with van der Waals surface area (Å²) in [5, 5.41) is 1.05. The van der Waals surface area contributed by atoms with Crippen molar-refractivity contribution < 1.29 is 18.0 Å². The van der Waals surface area contributed by atoms with Crippen LogP contribution in [-0.2, 0) is 6.18 Å². The zero-order chi connectivity index (χ0) is 22.9. The van der Waals surface area contributed by atoms with Crippen molar-refractivity contribution in [1.82, 2.24) is 4.98 Å². The van der Waals surface area contributed by atoms with Crippen LogP contribution in [-0.4, -0.2) is 10.8 Å². The molecule has 0 spiro atoms. The predicted octanol–water partition coefficient (Wildman–Crippen LogP) is 6.76. The van der Waals surface area contributed by atoms with Gasteiger partial charge in [0.2, 0.25) is 0 Å². The van der Waals surface area contributed by atoms with E-state index in [-0.39, 0.29) is 5.56 Å². The summed E-state index contributed by atoms with van der Waals surface area (Å²) in [4.78, 5) is 28.6. The predicted molar refractivity (Wildman–Crippen MR) is 120 cm³/mol. The Morgan fingerprint density at radius 2 is 1.62 bits per heavy atom. The van der Waals surface area contributed by atoms with Crippen LogP contribution >= 0.6 is 11.6 Å². The van der Waals surface area contributed by atoms with E-state index < -0.39 is 23.1 Å². The molecule has 1 aromatic heterocycles.